The smallest absolute Gasteiger partial charge is 0.266 e. The molecule has 0 saturated carbocycles. The van der Waals surface area contributed by atoms with Gasteiger partial charge in [-0.15, -0.1) is 22.7 Å². The number of anilines is 1. The first-order valence-electron chi connectivity index (χ1n) is 8.46. The van der Waals surface area contributed by atoms with Crippen molar-refractivity contribution in [3.8, 4) is 0 Å². The van der Waals surface area contributed by atoms with Crippen molar-refractivity contribution in [1.82, 2.24) is 0 Å². The Morgan fingerprint density at radius 1 is 1.08 bits per heavy atom. The highest BCUT2D eigenvalue weighted by atomic mass is 32.1. The Hall–Kier alpha value is -1.95. The molecule has 0 spiro atoms. The zero-order chi connectivity index (χ0) is 17.2. The summed E-state index contributed by atoms with van der Waals surface area (Å²) in [6, 6.07) is 13.4. The number of aryl methyl sites for hydroxylation is 1. The molecule has 0 radical (unpaired) electrons. The van der Waals surface area contributed by atoms with Gasteiger partial charge in [0, 0.05) is 10.4 Å². The van der Waals surface area contributed by atoms with E-state index in [4.69, 9.17) is 0 Å². The predicted molar refractivity (Wildman–Crippen MR) is 104 cm³/mol. The van der Waals surface area contributed by atoms with Crippen LogP contribution in [0.2, 0.25) is 0 Å². The number of nitrogens with one attached hydrogen (secondary N) is 1. The molecular formula is C20H19NO2S2. The maximum atomic E-state index is 12.5. The van der Waals surface area contributed by atoms with Crippen LogP contribution in [0.4, 0.5) is 5.00 Å². The number of aliphatic hydroxyl groups is 1. The lowest BCUT2D eigenvalue weighted by Gasteiger charge is -2.18. The number of thiophene rings is 2. The molecule has 3 nitrogen and oxygen atoms in total. The van der Waals surface area contributed by atoms with Crippen molar-refractivity contribution in [3.63, 3.8) is 0 Å². The Morgan fingerprint density at radius 3 is 2.64 bits per heavy atom. The average molecular weight is 370 g/mol. The van der Waals surface area contributed by atoms with Crippen molar-refractivity contribution in [2.45, 2.75) is 31.8 Å². The van der Waals surface area contributed by atoms with Gasteiger partial charge in [-0.05, 0) is 48.3 Å². The van der Waals surface area contributed by atoms with Gasteiger partial charge in [0.1, 0.15) is 11.1 Å². The standard InChI is InChI=1S/C20H19NO2S2/c22-18(13-7-2-1-3-8-13)17-14-9-4-5-10-15(14)25-20(17)21-19(23)16-11-6-12-24-16/h1-3,6-8,11-12,18,22H,4-5,9-10H2,(H,21,23)/t18-/m1/s1. The summed E-state index contributed by atoms with van der Waals surface area (Å²) in [5.41, 5.74) is 2.98. The first kappa shape index (κ1) is 16.5. The highest BCUT2D eigenvalue weighted by Gasteiger charge is 2.27. The van der Waals surface area contributed by atoms with E-state index < -0.39 is 6.10 Å². The van der Waals surface area contributed by atoms with Crippen LogP contribution in [-0.2, 0) is 12.8 Å². The third-order valence-electron chi connectivity index (χ3n) is 4.57. The zero-order valence-electron chi connectivity index (χ0n) is 13.7. The van der Waals surface area contributed by atoms with E-state index in [0.29, 0.717) is 4.88 Å². The lowest BCUT2D eigenvalue weighted by molar-refractivity contribution is 0.103. The summed E-state index contributed by atoms with van der Waals surface area (Å²) in [7, 11) is 0. The molecule has 128 valence electrons. The summed E-state index contributed by atoms with van der Waals surface area (Å²) in [5.74, 6) is -0.102. The molecule has 0 bridgehead atoms. The van der Waals surface area contributed by atoms with Crippen LogP contribution in [-0.4, -0.2) is 11.0 Å². The normalized spacial score (nSPS) is 14.8. The van der Waals surface area contributed by atoms with Gasteiger partial charge in [-0.1, -0.05) is 36.4 Å². The van der Waals surface area contributed by atoms with E-state index in [1.54, 1.807) is 11.3 Å². The summed E-state index contributed by atoms with van der Waals surface area (Å²) in [6.07, 6.45) is 3.60. The summed E-state index contributed by atoms with van der Waals surface area (Å²) < 4.78 is 0. The lowest BCUT2D eigenvalue weighted by Crippen LogP contribution is -2.13. The Bertz CT molecular complexity index is 869. The van der Waals surface area contributed by atoms with E-state index in [0.717, 1.165) is 35.4 Å². The topological polar surface area (TPSA) is 49.3 Å². The van der Waals surface area contributed by atoms with Crippen LogP contribution in [0.15, 0.2) is 47.8 Å². The van der Waals surface area contributed by atoms with Gasteiger partial charge in [-0.3, -0.25) is 4.79 Å². The van der Waals surface area contributed by atoms with Gasteiger partial charge in [-0.25, -0.2) is 0 Å². The number of hydrogen-bond donors (Lipinski definition) is 2. The second kappa shape index (κ2) is 7.12. The van der Waals surface area contributed by atoms with Gasteiger partial charge in [-0.2, -0.15) is 0 Å². The van der Waals surface area contributed by atoms with Crippen molar-refractivity contribution in [2.24, 2.45) is 0 Å². The molecule has 1 amide bonds. The van der Waals surface area contributed by atoms with Gasteiger partial charge in [0.15, 0.2) is 0 Å². The SMILES string of the molecule is O=C(Nc1sc2c(c1[C@H](O)c1ccccc1)CCCC2)c1cccs1. The maximum absolute atomic E-state index is 12.5. The van der Waals surface area contributed by atoms with Crippen molar-refractivity contribution < 1.29 is 9.90 Å². The average Bonchev–Trinajstić information content (AvgIpc) is 3.29. The van der Waals surface area contributed by atoms with Gasteiger partial charge in [0.25, 0.3) is 5.91 Å². The van der Waals surface area contributed by atoms with Crippen molar-refractivity contribution in [1.29, 1.82) is 0 Å². The fourth-order valence-corrected chi connectivity index (χ4v) is 5.28. The number of carbonyl (C=O) groups is 1. The van der Waals surface area contributed by atoms with Crippen molar-refractivity contribution in [2.75, 3.05) is 5.32 Å². The Morgan fingerprint density at radius 2 is 1.88 bits per heavy atom. The molecule has 0 unspecified atom stereocenters. The molecule has 3 aromatic rings. The molecule has 2 heterocycles. The molecule has 0 fully saturated rings. The van der Waals surface area contributed by atoms with E-state index >= 15 is 0 Å². The molecule has 0 aliphatic heterocycles. The Kier molecular flexibility index (Phi) is 4.70. The summed E-state index contributed by atoms with van der Waals surface area (Å²) in [5, 5.41) is 16.8. The highest BCUT2D eigenvalue weighted by Crippen LogP contribution is 2.43. The molecule has 2 N–H and O–H groups in total. The van der Waals surface area contributed by atoms with E-state index in [1.165, 1.54) is 28.2 Å². The molecule has 4 rings (SSSR count). The quantitative estimate of drug-likeness (QED) is 0.678. The van der Waals surface area contributed by atoms with Crippen LogP contribution in [0.25, 0.3) is 0 Å². The number of fused-ring (bicyclic) bond motifs is 1. The predicted octanol–water partition coefficient (Wildman–Crippen LogP) is 5.02. The Labute approximate surface area is 155 Å². The van der Waals surface area contributed by atoms with E-state index in [-0.39, 0.29) is 5.91 Å². The fourth-order valence-electron chi connectivity index (χ4n) is 3.35. The molecule has 1 atom stereocenters. The third-order valence-corrected chi connectivity index (χ3v) is 6.66. The number of carbonyl (C=O) groups excluding carboxylic acids is 1. The van der Waals surface area contributed by atoms with Gasteiger partial charge in [0.2, 0.25) is 0 Å². The second-order valence-corrected chi connectivity index (χ2v) is 8.25. The lowest BCUT2D eigenvalue weighted by atomic mass is 9.91. The maximum Gasteiger partial charge on any atom is 0.266 e. The second-order valence-electron chi connectivity index (χ2n) is 6.20. The number of amides is 1. The molecule has 1 aromatic carbocycles. The minimum Gasteiger partial charge on any atom is -0.384 e. The van der Waals surface area contributed by atoms with Crippen LogP contribution < -0.4 is 5.32 Å². The number of aliphatic hydroxyl groups excluding tert-OH is 1. The van der Waals surface area contributed by atoms with Crippen LogP contribution in [0, 0.1) is 0 Å². The minimum atomic E-state index is -0.710. The Balaban J connectivity index is 1.73. The third kappa shape index (κ3) is 3.27. The molecular weight excluding hydrogens is 350 g/mol. The van der Waals surface area contributed by atoms with Crippen LogP contribution >= 0.6 is 22.7 Å². The molecule has 1 aliphatic rings. The number of rotatable bonds is 4. The molecule has 0 saturated heterocycles. The molecule has 25 heavy (non-hydrogen) atoms. The molecule has 5 heteroatoms. The van der Waals surface area contributed by atoms with Gasteiger partial charge in [0.05, 0.1) is 4.88 Å². The molecule has 2 aromatic heterocycles. The fraction of sp³-hybridized carbons (Fsp3) is 0.250. The van der Waals surface area contributed by atoms with Crippen LogP contribution in [0.3, 0.4) is 0 Å². The summed E-state index contributed by atoms with van der Waals surface area (Å²) >= 11 is 3.05. The summed E-state index contributed by atoms with van der Waals surface area (Å²) in [4.78, 5) is 14.5. The molecule has 1 aliphatic carbocycles. The van der Waals surface area contributed by atoms with E-state index in [9.17, 15) is 9.90 Å². The van der Waals surface area contributed by atoms with Crippen molar-refractivity contribution in [3.05, 3.63) is 74.3 Å². The number of hydrogen-bond acceptors (Lipinski definition) is 4. The van der Waals surface area contributed by atoms with Gasteiger partial charge >= 0.3 is 0 Å². The van der Waals surface area contributed by atoms with Crippen molar-refractivity contribution >= 4 is 33.6 Å². The monoisotopic (exact) mass is 369 g/mol. The first-order chi connectivity index (χ1) is 12.2. The highest BCUT2D eigenvalue weighted by molar-refractivity contribution is 7.17. The van der Waals surface area contributed by atoms with Crippen LogP contribution in [0.5, 0.6) is 0 Å². The van der Waals surface area contributed by atoms with Gasteiger partial charge < -0.3 is 10.4 Å². The zero-order valence-corrected chi connectivity index (χ0v) is 15.3. The first-order valence-corrected chi connectivity index (χ1v) is 10.2. The van der Waals surface area contributed by atoms with Crippen LogP contribution in [0.1, 0.15) is 50.2 Å². The van der Waals surface area contributed by atoms with E-state index in [2.05, 4.69) is 5.32 Å². The summed E-state index contributed by atoms with van der Waals surface area (Å²) in [6.45, 7) is 0. The minimum absolute atomic E-state index is 0.102. The van der Waals surface area contributed by atoms with E-state index in [1.807, 2.05) is 47.8 Å². The largest absolute Gasteiger partial charge is 0.384 e. The number of benzene rings is 1.